The standard InChI is InChI=1S/C43H27N3O/c1-3-12-28(13-4-1)41-44-42(29-14-5-2-6-15-29)46-43(45-41)34-20-10-17-31(25-34)30-16-9-18-32(24-30)35-22-11-19-33-26-40-38(27-37(33)35)36-21-7-8-23-39(36)47-40/h1-27H. The summed E-state index contributed by atoms with van der Waals surface area (Å²) in [7, 11) is 0. The Morgan fingerprint density at radius 2 is 0.851 bits per heavy atom. The second-order valence-corrected chi connectivity index (χ2v) is 11.7. The largest absolute Gasteiger partial charge is 0.456 e. The zero-order valence-electron chi connectivity index (χ0n) is 25.3. The van der Waals surface area contributed by atoms with Crippen molar-refractivity contribution in [1.82, 2.24) is 15.0 Å². The third-order valence-electron chi connectivity index (χ3n) is 8.70. The van der Waals surface area contributed by atoms with E-state index in [1.165, 1.54) is 10.9 Å². The Kier molecular flexibility index (Phi) is 6.43. The summed E-state index contributed by atoms with van der Waals surface area (Å²) in [6, 6.07) is 56.5. The number of rotatable bonds is 5. The van der Waals surface area contributed by atoms with Crippen LogP contribution < -0.4 is 0 Å². The van der Waals surface area contributed by atoms with Crippen molar-refractivity contribution in [3.63, 3.8) is 0 Å². The van der Waals surface area contributed by atoms with Crippen LogP contribution in [0, 0.1) is 0 Å². The SMILES string of the molecule is c1ccc(-c2nc(-c3ccccc3)nc(-c3cccc(-c4cccc(-c5cccc6cc7oc8ccccc8c7cc56)c4)c3)n2)cc1. The molecule has 220 valence electrons. The molecular weight excluding hydrogens is 574 g/mol. The first kappa shape index (κ1) is 27.0. The van der Waals surface area contributed by atoms with Gasteiger partial charge in [0.1, 0.15) is 11.2 Å². The van der Waals surface area contributed by atoms with Crippen LogP contribution >= 0.6 is 0 Å². The molecule has 0 saturated heterocycles. The lowest BCUT2D eigenvalue weighted by Gasteiger charge is -2.11. The fourth-order valence-corrected chi connectivity index (χ4v) is 6.39. The molecule has 9 aromatic rings. The summed E-state index contributed by atoms with van der Waals surface area (Å²) in [5, 5.41) is 4.62. The lowest BCUT2D eigenvalue weighted by atomic mass is 9.94. The van der Waals surface area contributed by atoms with E-state index in [4.69, 9.17) is 19.4 Å². The molecule has 4 heteroatoms. The Balaban J connectivity index is 1.14. The van der Waals surface area contributed by atoms with Gasteiger partial charge in [0.25, 0.3) is 0 Å². The number of nitrogens with zero attached hydrogens (tertiary/aromatic N) is 3. The summed E-state index contributed by atoms with van der Waals surface area (Å²) in [6.07, 6.45) is 0. The number of furan rings is 1. The minimum atomic E-state index is 0.640. The van der Waals surface area contributed by atoms with E-state index >= 15 is 0 Å². The first-order chi connectivity index (χ1) is 23.3. The molecular formula is C43H27N3O. The van der Waals surface area contributed by atoms with E-state index in [2.05, 4.69) is 91.0 Å². The molecule has 0 N–H and O–H groups in total. The molecule has 0 unspecified atom stereocenters. The summed E-state index contributed by atoms with van der Waals surface area (Å²) in [5.41, 5.74) is 9.21. The molecule has 47 heavy (non-hydrogen) atoms. The lowest BCUT2D eigenvalue weighted by Crippen LogP contribution is -2.00. The Morgan fingerprint density at radius 3 is 1.55 bits per heavy atom. The maximum atomic E-state index is 6.18. The molecule has 0 amide bonds. The molecule has 0 spiro atoms. The number of fused-ring (bicyclic) bond motifs is 4. The molecule has 0 aliphatic carbocycles. The summed E-state index contributed by atoms with van der Waals surface area (Å²) >= 11 is 0. The van der Waals surface area contributed by atoms with Gasteiger partial charge in [-0.15, -0.1) is 0 Å². The molecule has 7 aromatic carbocycles. The Labute approximate surface area is 271 Å². The van der Waals surface area contributed by atoms with E-state index in [0.717, 1.165) is 60.7 Å². The van der Waals surface area contributed by atoms with Crippen molar-refractivity contribution in [2.45, 2.75) is 0 Å². The van der Waals surface area contributed by atoms with Gasteiger partial charge in [-0.3, -0.25) is 0 Å². The average Bonchev–Trinajstić information content (AvgIpc) is 3.51. The zero-order chi connectivity index (χ0) is 31.2. The predicted molar refractivity (Wildman–Crippen MR) is 192 cm³/mol. The molecule has 0 bridgehead atoms. The zero-order valence-corrected chi connectivity index (χ0v) is 25.3. The van der Waals surface area contributed by atoms with Gasteiger partial charge < -0.3 is 4.42 Å². The van der Waals surface area contributed by atoms with E-state index in [1.807, 2.05) is 72.8 Å². The third kappa shape index (κ3) is 4.93. The van der Waals surface area contributed by atoms with Crippen LogP contribution in [0.3, 0.4) is 0 Å². The molecule has 0 aliphatic rings. The van der Waals surface area contributed by atoms with Gasteiger partial charge in [0.05, 0.1) is 0 Å². The minimum Gasteiger partial charge on any atom is -0.456 e. The number of hydrogen-bond acceptors (Lipinski definition) is 4. The fraction of sp³-hybridized carbons (Fsp3) is 0. The Morgan fingerprint density at radius 1 is 0.319 bits per heavy atom. The average molecular weight is 602 g/mol. The second kappa shape index (κ2) is 11.2. The van der Waals surface area contributed by atoms with Crippen molar-refractivity contribution in [2.75, 3.05) is 0 Å². The van der Waals surface area contributed by atoms with Gasteiger partial charge >= 0.3 is 0 Å². The predicted octanol–water partition coefficient (Wildman–Crippen LogP) is 11.3. The molecule has 0 saturated carbocycles. The molecule has 0 radical (unpaired) electrons. The van der Waals surface area contributed by atoms with Crippen molar-refractivity contribution in [3.05, 3.63) is 164 Å². The molecule has 0 aliphatic heterocycles. The summed E-state index contributed by atoms with van der Waals surface area (Å²) in [6.45, 7) is 0. The fourth-order valence-electron chi connectivity index (χ4n) is 6.39. The van der Waals surface area contributed by atoms with Crippen LogP contribution in [-0.2, 0) is 0 Å². The Hall–Kier alpha value is -6.39. The van der Waals surface area contributed by atoms with Crippen LogP contribution in [-0.4, -0.2) is 15.0 Å². The van der Waals surface area contributed by atoms with E-state index in [1.54, 1.807) is 0 Å². The van der Waals surface area contributed by atoms with Crippen LogP contribution in [0.2, 0.25) is 0 Å². The number of benzene rings is 7. The van der Waals surface area contributed by atoms with Gasteiger partial charge in [-0.25, -0.2) is 15.0 Å². The smallest absolute Gasteiger partial charge is 0.164 e. The van der Waals surface area contributed by atoms with Crippen LogP contribution in [0.25, 0.3) is 89.1 Å². The van der Waals surface area contributed by atoms with Gasteiger partial charge in [-0.2, -0.15) is 0 Å². The van der Waals surface area contributed by atoms with Crippen LogP contribution in [0.5, 0.6) is 0 Å². The summed E-state index contributed by atoms with van der Waals surface area (Å²) in [5.74, 6) is 1.94. The van der Waals surface area contributed by atoms with Crippen LogP contribution in [0.15, 0.2) is 168 Å². The van der Waals surface area contributed by atoms with Gasteiger partial charge in [-0.05, 0) is 63.4 Å². The van der Waals surface area contributed by atoms with Gasteiger partial charge in [0.15, 0.2) is 17.5 Å². The van der Waals surface area contributed by atoms with Crippen LogP contribution in [0.1, 0.15) is 0 Å². The quantitative estimate of drug-likeness (QED) is 0.197. The third-order valence-corrected chi connectivity index (χ3v) is 8.70. The van der Waals surface area contributed by atoms with E-state index in [-0.39, 0.29) is 0 Å². The first-order valence-corrected chi connectivity index (χ1v) is 15.7. The van der Waals surface area contributed by atoms with Crippen molar-refractivity contribution >= 4 is 32.7 Å². The van der Waals surface area contributed by atoms with Gasteiger partial charge in [-0.1, -0.05) is 133 Å². The van der Waals surface area contributed by atoms with Crippen LogP contribution in [0.4, 0.5) is 0 Å². The molecule has 2 aromatic heterocycles. The van der Waals surface area contributed by atoms with Crippen molar-refractivity contribution in [1.29, 1.82) is 0 Å². The minimum absolute atomic E-state index is 0.640. The summed E-state index contributed by atoms with van der Waals surface area (Å²) < 4.78 is 6.18. The van der Waals surface area contributed by atoms with Crippen molar-refractivity contribution < 1.29 is 4.42 Å². The maximum absolute atomic E-state index is 6.18. The molecule has 9 rings (SSSR count). The highest BCUT2D eigenvalue weighted by molar-refractivity contribution is 6.12. The van der Waals surface area contributed by atoms with E-state index in [9.17, 15) is 0 Å². The molecule has 4 nitrogen and oxygen atoms in total. The number of aromatic nitrogens is 3. The summed E-state index contributed by atoms with van der Waals surface area (Å²) in [4.78, 5) is 14.7. The highest BCUT2D eigenvalue weighted by atomic mass is 16.3. The maximum Gasteiger partial charge on any atom is 0.164 e. The normalized spacial score (nSPS) is 11.4. The lowest BCUT2D eigenvalue weighted by molar-refractivity contribution is 0.669. The van der Waals surface area contributed by atoms with E-state index in [0.29, 0.717) is 17.5 Å². The van der Waals surface area contributed by atoms with E-state index < -0.39 is 0 Å². The highest BCUT2D eigenvalue weighted by Crippen LogP contribution is 2.37. The Bertz CT molecular complexity index is 2510. The van der Waals surface area contributed by atoms with Gasteiger partial charge in [0.2, 0.25) is 0 Å². The van der Waals surface area contributed by atoms with Crippen molar-refractivity contribution in [3.8, 4) is 56.4 Å². The molecule has 0 fully saturated rings. The first-order valence-electron chi connectivity index (χ1n) is 15.7. The topological polar surface area (TPSA) is 51.8 Å². The van der Waals surface area contributed by atoms with Crippen molar-refractivity contribution in [2.24, 2.45) is 0 Å². The second-order valence-electron chi connectivity index (χ2n) is 11.7. The highest BCUT2D eigenvalue weighted by Gasteiger charge is 2.14. The number of para-hydroxylation sites is 1. The molecule has 2 heterocycles. The van der Waals surface area contributed by atoms with Gasteiger partial charge in [0, 0.05) is 27.5 Å². The monoisotopic (exact) mass is 601 g/mol. The molecule has 0 atom stereocenters. The number of hydrogen-bond donors (Lipinski definition) is 0.